The van der Waals surface area contributed by atoms with E-state index in [-0.39, 0.29) is 22.6 Å². The minimum absolute atomic E-state index is 0.169. The van der Waals surface area contributed by atoms with Crippen molar-refractivity contribution < 1.29 is 17.2 Å². The highest BCUT2D eigenvalue weighted by Crippen LogP contribution is 2.31. The van der Waals surface area contributed by atoms with Crippen molar-refractivity contribution in [3.05, 3.63) is 101 Å². The van der Waals surface area contributed by atoms with Gasteiger partial charge in [-0.3, -0.25) is 4.90 Å². The molecule has 4 rings (SSSR count). The number of hydrogen-bond donors (Lipinski definition) is 0. The molecule has 0 aromatic heterocycles. The van der Waals surface area contributed by atoms with Crippen LogP contribution in [0, 0.1) is 11.6 Å². The highest BCUT2D eigenvalue weighted by Gasteiger charge is 2.32. The maximum absolute atomic E-state index is 13.5. The molecule has 3 aromatic rings. The third kappa shape index (κ3) is 4.80. The summed E-state index contributed by atoms with van der Waals surface area (Å²) in [7, 11) is -3.65. The lowest BCUT2D eigenvalue weighted by molar-refractivity contribution is 0.155. The van der Waals surface area contributed by atoms with E-state index < -0.39 is 10.0 Å². The first kappa shape index (κ1) is 21.9. The van der Waals surface area contributed by atoms with Crippen LogP contribution in [0.15, 0.2) is 77.7 Å². The molecule has 0 spiro atoms. The van der Waals surface area contributed by atoms with Gasteiger partial charge in [-0.2, -0.15) is 4.31 Å². The van der Waals surface area contributed by atoms with Crippen molar-refractivity contribution in [2.24, 2.45) is 0 Å². The van der Waals surface area contributed by atoms with Gasteiger partial charge >= 0.3 is 0 Å². The third-order valence-corrected chi connectivity index (χ3v) is 7.57. The van der Waals surface area contributed by atoms with Crippen molar-refractivity contribution in [2.75, 3.05) is 26.2 Å². The van der Waals surface area contributed by atoms with E-state index in [0.717, 1.165) is 11.1 Å². The molecule has 1 fully saturated rings. The summed E-state index contributed by atoms with van der Waals surface area (Å²) in [5.41, 5.74) is 1.72. The number of rotatable bonds is 5. The standard InChI is InChI=1S/C23H21ClF2N2O2S/c24-19-2-1-3-22(16-19)31(29,30)28-14-12-27(13-15-28)23(17-4-8-20(25)9-5-17)18-6-10-21(26)11-7-18/h1-11,16,23H,12-15H2. The normalized spacial score (nSPS) is 16.0. The Hall–Kier alpha value is -2.32. The fraction of sp³-hybridized carbons (Fsp3) is 0.217. The molecule has 1 heterocycles. The SMILES string of the molecule is O=S(=O)(c1cccc(Cl)c1)N1CCN(C(c2ccc(F)cc2)c2ccc(F)cc2)CC1. The summed E-state index contributed by atoms with van der Waals surface area (Å²) < 4.78 is 54.4. The van der Waals surface area contributed by atoms with Gasteiger partial charge in [0.15, 0.2) is 0 Å². The van der Waals surface area contributed by atoms with E-state index in [0.29, 0.717) is 31.2 Å². The zero-order valence-corrected chi connectivity index (χ0v) is 18.2. The molecular formula is C23H21ClF2N2O2S. The summed E-state index contributed by atoms with van der Waals surface area (Å²) >= 11 is 5.97. The number of piperazine rings is 1. The van der Waals surface area contributed by atoms with Gasteiger partial charge in [-0.1, -0.05) is 41.9 Å². The molecule has 1 aliphatic heterocycles. The van der Waals surface area contributed by atoms with Gasteiger partial charge in [0.2, 0.25) is 10.0 Å². The van der Waals surface area contributed by atoms with Crippen LogP contribution in [-0.4, -0.2) is 43.8 Å². The highest BCUT2D eigenvalue weighted by molar-refractivity contribution is 7.89. The monoisotopic (exact) mass is 462 g/mol. The van der Waals surface area contributed by atoms with Crippen molar-refractivity contribution in [2.45, 2.75) is 10.9 Å². The summed E-state index contributed by atoms with van der Waals surface area (Å²) in [4.78, 5) is 2.30. The van der Waals surface area contributed by atoms with Gasteiger partial charge in [0, 0.05) is 31.2 Å². The van der Waals surface area contributed by atoms with Crippen LogP contribution in [0.2, 0.25) is 5.02 Å². The Morgan fingerprint density at radius 1 is 0.774 bits per heavy atom. The third-order valence-electron chi connectivity index (χ3n) is 5.44. The van der Waals surface area contributed by atoms with Crippen molar-refractivity contribution in [3.63, 3.8) is 0 Å². The van der Waals surface area contributed by atoms with Gasteiger partial charge in [-0.05, 0) is 53.6 Å². The average molecular weight is 463 g/mol. The van der Waals surface area contributed by atoms with Gasteiger partial charge in [-0.15, -0.1) is 0 Å². The van der Waals surface area contributed by atoms with Gasteiger partial charge in [0.05, 0.1) is 10.9 Å². The van der Waals surface area contributed by atoms with Gasteiger partial charge in [0.1, 0.15) is 11.6 Å². The van der Waals surface area contributed by atoms with E-state index >= 15 is 0 Å². The van der Waals surface area contributed by atoms with Gasteiger partial charge in [0.25, 0.3) is 0 Å². The number of hydrogen-bond acceptors (Lipinski definition) is 3. The largest absolute Gasteiger partial charge is 0.290 e. The maximum atomic E-state index is 13.5. The first-order valence-electron chi connectivity index (χ1n) is 9.85. The average Bonchev–Trinajstić information content (AvgIpc) is 2.77. The summed E-state index contributed by atoms with van der Waals surface area (Å²) in [5, 5.41) is 0.368. The van der Waals surface area contributed by atoms with E-state index in [1.54, 1.807) is 36.4 Å². The van der Waals surface area contributed by atoms with Crippen molar-refractivity contribution in [1.29, 1.82) is 0 Å². The Morgan fingerprint density at radius 2 is 1.29 bits per heavy atom. The van der Waals surface area contributed by atoms with Crippen LogP contribution < -0.4 is 0 Å². The maximum Gasteiger partial charge on any atom is 0.243 e. The van der Waals surface area contributed by atoms with Crippen LogP contribution in [-0.2, 0) is 10.0 Å². The van der Waals surface area contributed by atoms with Crippen LogP contribution >= 0.6 is 11.6 Å². The number of benzene rings is 3. The first-order chi connectivity index (χ1) is 14.8. The van der Waals surface area contributed by atoms with Crippen molar-refractivity contribution >= 4 is 21.6 Å². The minimum atomic E-state index is -3.65. The van der Waals surface area contributed by atoms with Crippen LogP contribution in [0.3, 0.4) is 0 Å². The summed E-state index contributed by atoms with van der Waals surface area (Å²) in [6, 6.07) is 18.4. The number of sulfonamides is 1. The molecule has 31 heavy (non-hydrogen) atoms. The molecule has 1 saturated heterocycles. The van der Waals surface area contributed by atoms with E-state index in [4.69, 9.17) is 11.6 Å². The van der Waals surface area contributed by atoms with Crippen LogP contribution in [0.4, 0.5) is 8.78 Å². The predicted octanol–water partition coefficient (Wildman–Crippen LogP) is 4.71. The molecule has 8 heteroatoms. The summed E-state index contributed by atoms with van der Waals surface area (Å²) in [6.07, 6.45) is 0. The van der Waals surface area contributed by atoms with Crippen molar-refractivity contribution in [3.8, 4) is 0 Å². The Labute approximate surface area is 185 Å². The molecule has 162 valence electrons. The smallest absolute Gasteiger partial charge is 0.243 e. The molecule has 0 aliphatic carbocycles. The zero-order chi connectivity index (χ0) is 22.0. The highest BCUT2D eigenvalue weighted by atomic mass is 35.5. The van der Waals surface area contributed by atoms with E-state index in [1.807, 2.05) is 0 Å². The van der Waals surface area contributed by atoms with Crippen LogP contribution in [0.1, 0.15) is 17.2 Å². The zero-order valence-electron chi connectivity index (χ0n) is 16.6. The van der Waals surface area contributed by atoms with Gasteiger partial charge in [-0.25, -0.2) is 17.2 Å². The quantitative estimate of drug-likeness (QED) is 0.551. The lowest BCUT2D eigenvalue weighted by Gasteiger charge is -2.39. The lowest BCUT2D eigenvalue weighted by Crippen LogP contribution is -2.49. The summed E-state index contributed by atoms with van der Waals surface area (Å²) in [6.45, 7) is 1.54. The molecule has 3 aromatic carbocycles. The molecule has 0 amide bonds. The lowest BCUT2D eigenvalue weighted by atomic mass is 9.96. The molecule has 4 nitrogen and oxygen atoms in total. The van der Waals surface area contributed by atoms with Gasteiger partial charge < -0.3 is 0 Å². The van der Waals surface area contributed by atoms with E-state index in [9.17, 15) is 17.2 Å². The molecule has 1 aliphatic rings. The molecule has 0 radical (unpaired) electrons. The number of nitrogens with zero attached hydrogens (tertiary/aromatic N) is 2. The predicted molar refractivity (Wildman–Crippen MR) is 116 cm³/mol. The van der Waals surface area contributed by atoms with Crippen LogP contribution in [0.5, 0.6) is 0 Å². The molecule has 0 bridgehead atoms. The Bertz CT molecular complexity index is 1100. The molecule has 0 saturated carbocycles. The van der Waals surface area contributed by atoms with Crippen LogP contribution in [0.25, 0.3) is 0 Å². The first-order valence-corrected chi connectivity index (χ1v) is 11.7. The fourth-order valence-corrected chi connectivity index (χ4v) is 5.61. The van der Waals surface area contributed by atoms with E-state index in [1.165, 1.54) is 40.7 Å². The molecule has 0 N–H and O–H groups in total. The Kier molecular flexibility index (Phi) is 6.39. The minimum Gasteiger partial charge on any atom is -0.290 e. The topological polar surface area (TPSA) is 40.6 Å². The Morgan fingerprint density at radius 3 is 1.77 bits per heavy atom. The molecular weight excluding hydrogens is 442 g/mol. The van der Waals surface area contributed by atoms with Crippen molar-refractivity contribution in [1.82, 2.24) is 9.21 Å². The molecule has 0 unspecified atom stereocenters. The second-order valence-corrected chi connectivity index (χ2v) is 9.78. The summed E-state index contributed by atoms with van der Waals surface area (Å²) in [5.74, 6) is -0.668. The number of halogens is 3. The van der Waals surface area contributed by atoms with E-state index in [2.05, 4.69) is 4.90 Å². The fourth-order valence-electron chi connectivity index (χ4n) is 3.88. The second-order valence-electron chi connectivity index (χ2n) is 7.40. The Balaban J connectivity index is 1.58. The second kappa shape index (κ2) is 9.04. The molecule has 0 atom stereocenters.